The zero-order valence-corrected chi connectivity index (χ0v) is 15.7. The number of aromatic amines is 2. The summed E-state index contributed by atoms with van der Waals surface area (Å²) in [6.45, 7) is 2.96. The summed E-state index contributed by atoms with van der Waals surface area (Å²) in [5.41, 5.74) is 1.33. The van der Waals surface area contributed by atoms with Crippen LogP contribution in [0.25, 0.3) is 32.1 Å². The summed E-state index contributed by atoms with van der Waals surface area (Å²) in [7, 11) is 1.90. The SMILES string of the molecule is CNCC(C)c1ccc(-c2c(=O)[nH]c(F)c3[nH]c(=O)c4sccc4c23)cc1. The molecule has 7 heteroatoms. The van der Waals surface area contributed by atoms with Gasteiger partial charge in [0, 0.05) is 17.3 Å². The summed E-state index contributed by atoms with van der Waals surface area (Å²) in [5, 5.41) is 5.94. The highest BCUT2D eigenvalue weighted by atomic mass is 32.1. The lowest BCUT2D eigenvalue weighted by atomic mass is 9.96. The minimum Gasteiger partial charge on any atom is -0.319 e. The number of fused-ring (bicyclic) bond motifs is 3. The molecule has 0 aliphatic rings. The van der Waals surface area contributed by atoms with Crippen molar-refractivity contribution in [1.29, 1.82) is 0 Å². The summed E-state index contributed by atoms with van der Waals surface area (Å²) in [5.74, 6) is -0.504. The van der Waals surface area contributed by atoms with Crippen LogP contribution in [0.3, 0.4) is 0 Å². The molecule has 5 nitrogen and oxygen atoms in total. The standard InChI is InChI=1S/C20H18FN3O2S/c1-10(9-22-2)11-3-5-12(6-4-11)14-15-13-7-8-27-17(13)20(26)23-16(15)18(21)24-19(14)25/h3-8,10,22H,9H2,1-2H3,(H,23,26)(H,24,25). The zero-order valence-electron chi connectivity index (χ0n) is 14.9. The molecule has 0 saturated carbocycles. The number of pyridine rings is 2. The smallest absolute Gasteiger partial charge is 0.266 e. The Hall–Kier alpha value is -2.77. The molecule has 4 rings (SSSR count). The molecule has 138 valence electrons. The predicted molar refractivity (Wildman–Crippen MR) is 108 cm³/mol. The fourth-order valence-electron chi connectivity index (χ4n) is 3.49. The number of rotatable bonds is 4. The molecule has 1 unspecified atom stereocenters. The number of hydrogen-bond donors (Lipinski definition) is 3. The van der Waals surface area contributed by atoms with Crippen LogP contribution in [0.2, 0.25) is 0 Å². The maximum atomic E-state index is 14.4. The van der Waals surface area contributed by atoms with Crippen molar-refractivity contribution in [3.05, 3.63) is 67.9 Å². The van der Waals surface area contributed by atoms with Gasteiger partial charge in [0.15, 0.2) is 0 Å². The lowest BCUT2D eigenvalue weighted by molar-refractivity contribution is 0.590. The van der Waals surface area contributed by atoms with Crippen LogP contribution in [0.15, 0.2) is 45.3 Å². The number of aromatic nitrogens is 2. The van der Waals surface area contributed by atoms with Gasteiger partial charge in [-0.15, -0.1) is 11.3 Å². The highest BCUT2D eigenvalue weighted by Crippen LogP contribution is 2.32. The predicted octanol–water partition coefficient (Wildman–Crippen LogP) is 3.56. The van der Waals surface area contributed by atoms with E-state index in [2.05, 4.69) is 22.2 Å². The number of halogens is 1. The van der Waals surface area contributed by atoms with Gasteiger partial charge in [0.05, 0.1) is 5.56 Å². The van der Waals surface area contributed by atoms with Crippen molar-refractivity contribution in [2.24, 2.45) is 0 Å². The first kappa shape index (κ1) is 17.6. The van der Waals surface area contributed by atoms with E-state index in [-0.39, 0.29) is 11.1 Å². The minimum absolute atomic E-state index is 0.0214. The van der Waals surface area contributed by atoms with Crippen molar-refractivity contribution in [2.45, 2.75) is 12.8 Å². The Balaban J connectivity index is 2.01. The van der Waals surface area contributed by atoms with Crippen molar-refractivity contribution >= 4 is 32.3 Å². The van der Waals surface area contributed by atoms with Gasteiger partial charge in [-0.25, -0.2) is 0 Å². The second-order valence-electron chi connectivity index (χ2n) is 6.59. The third-order valence-corrected chi connectivity index (χ3v) is 5.74. The van der Waals surface area contributed by atoms with E-state index in [1.54, 1.807) is 11.4 Å². The molecule has 0 radical (unpaired) electrons. The summed E-state index contributed by atoms with van der Waals surface area (Å²) in [6, 6.07) is 9.44. The van der Waals surface area contributed by atoms with Gasteiger partial charge < -0.3 is 10.3 Å². The van der Waals surface area contributed by atoms with Crippen molar-refractivity contribution in [3.8, 4) is 11.1 Å². The maximum Gasteiger partial charge on any atom is 0.266 e. The number of hydrogen-bond acceptors (Lipinski definition) is 4. The highest BCUT2D eigenvalue weighted by Gasteiger charge is 2.18. The molecule has 0 spiro atoms. The largest absolute Gasteiger partial charge is 0.319 e. The monoisotopic (exact) mass is 383 g/mol. The second-order valence-corrected chi connectivity index (χ2v) is 7.51. The number of likely N-dealkylation sites (N-methyl/N-ethyl adjacent to an activating group) is 1. The molecule has 3 aromatic heterocycles. The number of benzene rings is 1. The number of thiophene rings is 1. The Bertz CT molecular complexity index is 1250. The summed E-state index contributed by atoms with van der Waals surface area (Å²) >= 11 is 1.27. The van der Waals surface area contributed by atoms with Crippen LogP contribution in [0, 0.1) is 5.95 Å². The Morgan fingerprint density at radius 1 is 1.11 bits per heavy atom. The van der Waals surface area contributed by atoms with E-state index in [0.717, 1.165) is 12.1 Å². The molecule has 0 aliphatic carbocycles. The fourth-order valence-corrected chi connectivity index (χ4v) is 4.29. The van der Waals surface area contributed by atoms with E-state index in [4.69, 9.17) is 0 Å². The Kier molecular flexibility index (Phi) is 4.41. The third-order valence-electron chi connectivity index (χ3n) is 4.83. The lowest BCUT2D eigenvalue weighted by Gasteiger charge is -2.13. The highest BCUT2D eigenvalue weighted by molar-refractivity contribution is 7.17. The molecule has 0 aliphatic heterocycles. The van der Waals surface area contributed by atoms with Crippen LogP contribution >= 0.6 is 11.3 Å². The van der Waals surface area contributed by atoms with E-state index in [0.29, 0.717) is 32.5 Å². The van der Waals surface area contributed by atoms with Crippen LogP contribution < -0.4 is 16.4 Å². The van der Waals surface area contributed by atoms with Gasteiger partial charge in [-0.3, -0.25) is 14.6 Å². The van der Waals surface area contributed by atoms with Gasteiger partial charge in [0.25, 0.3) is 11.1 Å². The summed E-state index contributed by atoms with van der Waals surface area (Å²) in [6.07, 6.45) is 0. The first-order valence-corrected chi connectivity index (χ1v) is 9.49. The first-order valence-electron chi connectivity index (χ1n) is 8.61. The van der Waals surface area contributed by atoms with E-state index < -0.39 is 11.5 Å². The van der Waals surface area contributed by atoms with Crippen molar-refractivity contribution < 1.29 is 4.39 Å². The van der Waals surface area contributed by atoms with E-state index in [1.807, 2.05) is 31.3 Å². The van der Waals surface area contributed by atoms with Gasteiger partial charge >= 0.3 is 0 Å². The molecule has 27 heavy (non-hydrogen) atoms. The van der Waals surface area contributed by atoms with E-state index in [9.17, 15) is 14.0 Å². The molecule has 0 fully saturated rings. The lowest BCUT2D eigenvalue weighted by Crippen LogP contribution is -2.16. The van der Waals surface area contributed by atoms with Crippen molar-refractivity contribution in [1.82, 2.24) is 15.3 Å². The molecule has 3 heterocycles. The Morgan fingerprint density at radius 2 is 1.85 bits per heavy atom. The second kappa shape index (κ2) is 6.75. The molecule has 4 aromatic rings. The van der Waals surface area contributed by atoms with Crippen molar-refractivity contribution in [3.63, 3.8) is 0 Å². The zero-order chi connectivity index (χ0) is 19.1. The van der Waals surface area contributed by atoms with Crippen LogP contribution in [0.5, 0.6) is 0 Å². The quantitative estimate of drug-likeness (QED) is 0.472. The summed E-state index contributed by atoms with van der Waals surface area (Å²) < 4.78 is 14.9. The van der Waals surface area contributed by atoms with Gasteiger partial charge in [-0.1, -0.05) is 31.2 Å². The van der Waals surface area contributed by atoms with Crippen LogP contribution in [-0.2, 0) is 0 Å². The molecule has 0 bridgehead atoms. The van der Waals surface area contributed by atoms with Crippen LogP contribution in [-0.4, -0.2) is 23.6 Å². The van der Waals surface area contributed by atoms with Crippen molar-refractivity contribution in [2.75, 3.05) is 13.6 Å². The topological polar surface area (TPSA) is 77.8 Å². The molecular formula is C20H18FN3O2S. The van der Waals surface area contributed by atoms with Gasteiger partial charge in [-0.05, 0) is 35.5 Å². The molecule has 3 N–H and O–H groups in total. The summed E-state index contributed by atoms with van der Waals surface area (Å²) in [4.78, 5) is 29.6. The third kappa shape index (κ3) is 2.89. The van der Waals surface area contributed by atoms with Gasteiger partial charge in [0.1, 0.15) is 10.2 Å². The minimum atomic E-state index is -0.830. The maximum absolute atomic E-state index is 14.4. The molecular weight excluding hydrogens is 365 g/mol. The van der Waals surface area contributed by atoms with E-state index in [1.165, 1.54) is 11.3 Å². The Morgan fingerprint density at radius 3 is 2.56 bits per heavy atom. The average molecular weight is 383 g/mol. The first-order chi connectivity index (χ1) is 13.0. The molecule has 1 atom stereocenters. The average Bonchev–Trinajstić information content (AvgIpc) is 3.14. The molecule has 0 saturated heterocycles. The fraction of sp³-hybridized carbons (Fsp3) is 0.200. The normalized spacial score (nSPS) is 12.7. The number of H-pyrrole nitrogens is 2. The molecule has 1 aromatic carbocycles. The Labute approximate surface area is 157 Å². The van der Waals surface area contributed by atoms with Crippen LogP contribution in [0.4, 0.5) is 4.39 Å². The van der Waals surface area contributed by atoms with Crippen LogP contribution in [0.1, 0.15) is 18.4 Å². The molecule has 0 amide bonds. The number of nitrogens with one attached hydrogen (secondary N) is 3. The van der Waals surface area contributed by atoms with Gasteiger partial charge in [-0.2, -0.15) is 4.39 Å². The van der Waals surface area contributed by atoms with E-state index >= 15 is 0 Å². The van der Waals surface area contributed by atoms with Gasteiger partial charge in [0.2, 0.25) is 5.95 Å².